The number of carbonyl (C=O) groups is 1. The van der Waals surface area contributed by atoms with Gasteiger partial charge >= 0.3 is 0 Å². The molecular weight excluding hydrogens is 290 g/mol. The van der Waals surface area contributed by atoms with Gasteiger partial charge in [0.05, 0.1) is 13.7 Å². The maximum absolute atomic E-state index is 12.2. The fourth-order valence-corrected chi connectivity index (χ4v) is 2.34. The molecule has 1 atom stereocenters. The van der Waals surface area contributed by atoms with Gasteiger partial charge in [-0.25, -0.2) is 0 Å². The molecule has 0 aliphatic rings. The monoisotopic (exact) mass is 313 g/mol. The van der Waals surface area contributed by atoms with E-state index < -0.39 is 0 Å². The van der Waals surface area contributed by atoms with Gasteiger partial charge in [0.1, 0.15) is 11.5 Å². The van der Waals surface area contributed by atoms with Crippen LogP contribution in [0.1, 0.15) is 31.7 Å². The first-order chi connectivity index (χ1) is 11.1. The molecule has 0 bridgehead atoms. The zero-order chi connectivity index (χ0) is 16.7. The Morgan fingerprint density at radius 1 is 1.04 bits per heavy atom. The number of rotatable bonds is 7. The Kier molecular flexibility index (Phi) is 6.03. The Morgan fingerprint density at radius 3 is 2.22 bits per heavy atom. The highest BCUT2D eigenvalue weighted by Crippen LogP contribution is 2.23. The number of anilines is 1. The van der Waals surface area contributed by atoms with E-state index in [1.807, 2.05) is 62.4 Å². The minimum Gasteiger partial charge on any atom is -0.497 e. The highest BCUT2D eigenvalue weighted by atomic mass is 16.5. The normalized spacial score (nSPS) is 11.6. The third-order valence-electron chi connectivity index (χ3n) is 3.63. The number of hydrogen-bond donors (Lipinski definition) is 1. The molecule has 0 fully saturated rings. The summed E-state index contributed by atoms with van der Waals surface area (Å²) < 4.78 is 10.5. The maximum Gasteiger partial charge on any atom is 0.224 e. The number of hydrogen-bond acceptors (Lipinski definition) is 3. The number of carbonyl (C=O) groups excluding carboxylic acids is 1. The second kappa shape index (κ2) is 8.22. The van der Waals surface area contributed by atoms with Gasteiger partial charge in [-0.3, -0.25) is 4.79 Å². The predicted molar refractivity (Wildman–Crippen MR) is 92.3 cm³/mol. The molecule has 4 nitrogen and oxygen atoms in total. The van der Waals surface area contributed by atoms with E-state index in [2.05, 4.69) is 5.32 Å². The number of methoxy groups -OCH3 is 1. The molecule has 2 aromatic carbocycles. The van der Waals surface area contributed by atoms with Crippen LogP contribution in [0, 0.1) is 0 Å². The van der Waals surface area contributed by atoms with Crippen molar-refractivity contribution < 1.29 is 14.3 Å². The minimum atomic E-state index is -0.00234. The van der Waals surface area contributed by atoms with Crippen molar-refractivity contribution in [3.63, 3.8) is 0 Å². The second-order valence-corrected chi connectivity index (χ2v) is 5.38. The van der Waals surface area contributed by atoms with Crippen LogP contribution in [0.3, 0.4) is 0 Å². The molecule has 0 heterocycles. The maximum atomic E-state index is 12.2. The number of amides is 1. The molecule has 0 spiro atoms. The van der Waals surface area contributed by atoms with Gasteiger partial charge in [-0.2, -0.15) is 0 Å². The van der Waals surface area contributed by atoms with E-state index in [1.54, 1.807) is 7.11 Å². The molecule has 0 saturated heterocycles. The van der Waals surface area contributed by atoms with Crippen LogP contribution in [-0.4, -0.2) is 19.6 Å². The molecule has 1 N–H and O–H groups in total. The van der Waals surface area contributed by atoms with Gasteiger partial charge < -0.3 is 14.8 Å². The largest absolute Gasteiger partial charge is 0.497 e. The van der Waals surface area contributed by atoms with Crippen molar-refractivity contribution in [3.8, 4) is 11.5 Å². The van der Waals surface area contributed by atoms with Gasteiger partial charge in [-0.1, -0.05) is 19.1 Å². The molecule has 2 aromatic rings. The Bertz CT molecular complexity index is 620. The smallest absolute Gasteiger partial charge is 0.224 e. The molecule has 2 rings (SSSR count). The van der Waals surface area contributed by atoms with Gasteiger partial charge in [0.2, 0.25) is 5.91 Å². The summed E-state index contributed by atoms with van der Waals surface area (Å²) in [5, 5.41) is 2.92. The van der Waals surface area contributed by atoms with Crippen LogP contribution in [0.5, 0.6) is 11.5 Å². The third kappa shape index (κ3) is 5.02. The summed E-state index contributed by atoms with van der Waals surface area (Å²) in [4.78, 5) is 12.2. The Labute approximate surface area is 137 Å². The topological polar surface area (TPSA) is 47.6 Å². The zero-order valence-corrected chi connectivity index (χ0v) is 13.8. The van der Waals surface area contributed by atoms with Crippen molar-refractivity contribution >= 4 is 11.6 Å². The molecule has 23 heavy (non-hydrogen) atoms. The van der Waals surface area contributed by atoms with Gasteiger partial charge in [-0.15, -0.1) is 0 Å². The van der Waals surface area contributed by atoms with Gasteiger partial charge in [0.15, 0.2) is 0 Å². The summed E-state index contributed by atoms with van der Waals surface area (Å²) in [7, 11) is 1.64. The fourth-order valence-electron chi connectivity index (χ4n) is 2.34. The van der Waals surface area contributed by atoms with E-state index in [-0.39, 0.29) is 11.8 Å². The van der Waals surface area contributed by atoms with E-state index >= 15 is 0 Å². The van der Waals surface area contributed by atoms with Crippen LogP contribution >= 0.6 is 0 Å². The molecule has 0 radical (unpaired) electrons. The van der Waals surface area contributed by atoms with E-state index in [1.165, 1.54) is 0 Å². The second-order valence-electron chi connectivity index (χ2n) is 5.38. The summed E-state index contributed by atoms with van der Waals surface area (Å²) in [6.45, 7) is 4.61. The van der Waals surface area contributed by atoms with E-state index in [0.29, 0.717) is 13.0 Å². The van der Waals surface area contributed by atoms with Crippen molar-refractivity contribution in [2.45, 2.75) is 26.2 Å². The SMILES string of the molecule is CCOc1ccc(NC(=O)CC(C)c2ccc(OC)cc2)cc1. The average Bonchev–Trinajstić information content (AvgIpc) is 2.57. The summed E-state index contributed by atoms with van der Waals surface area (Å²) in [6.07, 6.45) is 0.430. The molecule has 1 unspecified atom stereocenters. The lowest BCUT2D eigenvalue weighted by Crippen LogP contribution is -2.14. The van der Waals surface area contributed by atoms with Crippen LogP contribution in [-0.2, 0) is 4.79 Å². The van der Waals surface area contributed by atoms with Crippen LogP contribution in [0.2, 0.25) is 0 Å². The average molecular weight is 313 g/mol. The summed E-state index contributed by atoms with van der Waals surface area (Å²) in [5.74, 6) is 1.76. The minimum absolute atomic E-state index is 0.00234. The van der Waals surface area contributed by atoms with E-state index in [0.717, 1.165) is 22.7 Å². The first kappa shape index (κ1) is 16.9. The summed E-state index contributed by atoms with van der Waals surface area (Å²) in [6, 6.07) is 15.2. The third-order valence-corrected chi connectivity index (χ3v) is 3.63. The summed E-state index contributed by atoms with van der Waals surface area (Å²) >= 11 is 0. The van der Waals surface area contributed by atoms with Crippen molar-refractivity contribution in [2.75, 3.05) is 19.0 Å². The molecule has 0 aliphatic heterocycles. The molecule has 1 amide bonds. The lowest BCUT2D eigenvalue weighted by Gasteiger charge is -2.13. The molecule has 0 saturated carbocycles. The summed E-state index contributed by atoms with van der Waals surface area (Å²) in [5.41, 5.74) is 1.90. The highest BCUT2D eigenvalue weighted by Gasteiger charge is 2.11. The van der Waals surface area contributed by atoms with E-state index in [9.17, 15) is 4.79 Å². The quantitative estimate of drug-likeness (QED) is 0.832. The lowest BCUT2D eigenvalue weighted by molar-refractivity contribution is -0.116. The Hall–Kier alpha value is -2.49. The van der Waals surface area contributed by atoms with Crippen molar-refractivity contribution in [3.05, 3.63) is 54.1 Å². The molecule has 122 valence electrons. The van der Waals surface area contributed by atoms with Gasteiger partial charge in [0.25, 0.3) is 0 Å². The van der Waals surface area contributed by atoms with Crippen LogP contribution < -0.4 is 14.8 Å². The Morgan fingerprint density at radius 2 is 1.65 bits per heavy atom. The molecular formula is C19H23NO3. The Balaban J connectivity index is 1.90. The van der Waals surface area contributed by atoms with Crippen molar-refractivity contribution in [1.29, 1.82) is 0 Å². The van der Waals surface area contributed by atoms with E-state index in [4.69, 9.17) is 9.47 Å². The van der Waals surface area contributed by atoms with Crippen molar-refractivity contribution in [1.82, 2.24) is 0 Å². The van der Waals surface area contributed by atoms with Gasteiger partial charge in [0, 0.05) is 12.1 Å². The van der Waals surface area contributed by atoms with Crippen LogP contribution in [0.15, 0.2) is 48.5 Å². The number of nitrogens with one attached hydrogen (secondary N) is 1. The molecule has 0 aromatic heterocycles. The number of benzene rings is 2. The first-order valence-corrected chi connectivity index (χ1v) is 7.79. The first-order valence-electron chi connectivity index (χ1n) is 7.79. The van der Waals surface area contributed by atoms with Crippen LogP contribution in [0.4, 0.5) is 5.69 Å². The fraction of sp³-hybridized carbons (Fsp3) is 0.316. The predicted octanol–water partition coefficient (Wildman–Crippen LogP) is 4.23. The zero-order valence-electron chi connectivity index (χ0n) is 13.8. The lowest BCUT2D eigenvalue weighted by atomic mass is 9.97. The molecule has 4 heteroatoms. The standard InChI is InChI=1S/C19H23NO3/c1-4-23-18-11-7-16(8-12-18)20-19(21)13-14(2)15-5-9-17(22-3)10-6-15/h5-12,14H,4,13H2,1-3H3,(H,20,21). The van der Waals surface area contributed by atoms with Gasteiger partial charge in [-0.05, 0) is 54.8 Å². The molecule has 0 aliphatic carbocycles. The highest BCUT2D eigenvalue weighted by molar-refractivity contribution is 5.91. The number of ether oxygens (including phenoxy) is 2. The van der Waals surface area contributed by atoms with Crippen LogP contribution in [0.25, 0.3) is 0 Å². The van der Waals surface area contributed by atoms with Crippen molar-refractivity contribution in [2.24, 2.45) is 0 Å².